The van der Waals surface area contributed by atoms with Crippen LogP contribution >= 0.6 is 0 Å². The summed E-state index contributed by atoms with van der Waals surface area (Å²) < 4.78 is 41.6. The Labute approximate surface area is 147 Å². The van der Waals surface area contributed by atoms with Crippen molar-refractivity contribution in [1.29, 1.82) is 0 Å². The number of hydrogen-bond acceptors (Lipinski definition) is 3. The number of carbonyl (C=O) groups excluding carboxylic acids is 1. The van der Waals surface area contributed by atoms with E-state index in [-0.39, 0.29) is 11.1 Å². The number of amides is 1. The lowest BCUT2D eigenvalue weighted by molar-refractivity contribution is -0.155. The van der Waals surface area contributed by atoms with Crippen molar-refractivity contribution >= 4 is 5.91 Å². The van der Waals surface area contributed by atoms with Gasteiger partial charge in [-0.2, -0.15) is 13.2 Å². The van der Waals surface area contributed by atoms with Crippen molar-refractivity contribution in [1.82, 2.24) is 14.9 Å². The molecule has 2 aromatic heterocycles. The fourth-order valence-corrected chi connectivity index (χ4v) is 3.26. The van der Waals surface area contributed by atoms with E-state index in [9.17, 15) is 22.8 Å². The van der Waals surface area contributed by atoms with Crippen LogP contribution in [0.5, 0.6) is 0 Å². The average Bonchev–Trinajstić information content (AvgIpc) is 2.62. The van der Waals surface area contributed by atoms with E-state index in [1.54, 1.807) is 7.05 Å². The number of aryl methyl sites for hydroxylation is 1. The Hall–Kier alpha value is -2.64. The molecule has 3 rings (SSSR count). The lowest BCUT2D eigenvalue weighted by Gasteiger charge is -2.23. The third-order valence-electron chi connectivity index (χ3n) is 4.60. The van der Waals surface area contributed by atoms with E-state index < -0.39 is 23.7 Å². The summed E-state index contributed by atoms with van der Waals surface area (Å²) in [7, 11) is 1.55. The Morgan fingerprint density at radius 2 is 2.04 bits per heavy atom. The van der Waals surface area contributed by atoms with Gasteiger partial charge >= 0.3 is 6.18 Å². The first-order chi connectivity index (χ1) is 12.3. The second kappa shape index (κ2) is 6.93. The summed E-state index contributed by atoms with van der Waals surface area (Å²) in [5, 5.41) is 1.95. The number of halogens is 3. The molecule has 0 unspecified atom stereocenters. The molecule has 1 atom stereocenters. The van der Waals surface area contributed by atoms with Gasteiger partial charge in [-0.1, -0.05) is 6.07 Å². The molecule has 1 aliphatic carbocycles. The summed E-state index contributed by atoms with van der Waals surface area (Å²) in [6.07, 6.45) is 0.981. The lowest BCUT2D eigenvalue weighted by Crippen LogP contribution is -2.41. The maximum absolute atomic E-state index is 13.4. The topological polar surface area (TPSA) is 64.0 Å². The minimum atomic E-state index is -4.71. The third-order valence-corrected chi connectivity index (χ3v) is 4.60. The van der Waals surface area contributed by atoms with Gasteiger partial charge in [-0.15, -0.1) is 0 Å². The van der Waals surface area contributed by atoms with Crippen molar-refractivity contribution in [2.75, 3.05) is 0 Å². The Kier molecular flexibility index (Phi) is 4.84. The highest BCUT2D eigenvalue weighted by Gasteiger charge is 2.42. The monoisotopic (exact) mass is 365 g/mol. The van der Waals surface area contributed by atoms with Crippen molar-refractivity contribution in [3.05, 3.63) is 63.3 Å². The Morgan fingerprint density at radius 1 is 1.31 bits per heavy atom. The second-order valence-corrected chi connectivity index (χ2v) is 6.34. The molecule has 1 amide bonds. The van der Waals surface area contributed by atoms with Crippen LogP contribution in [-0.4, -0.2) is 21.6 Å². The number of carbonyl (C=O) groups is 1. The third kappa shape index (κ3) is 3.49. The molecule has 0 aromatic carbocycles. The predicted molar refractivity (Wildman–Crippen MR) is 88.8 cm³/mol. The van der Waals surface area contributed by atoms with E-state index in [4.69, 9.17) is 0 Å². The fourth-order valence-electron chi connectivity index (χ4n) is 3.26. The van der Waals surface area contributed by atoms with Crippen LogP contribution in [0.4, 0.5) is 13.2 Å². The molecule has 0 spiro atoms. The standard InChI is InChI=1S/C18H18F3N3O2/c1-24-14-7-3-2-5-11(14)9-13(17(24)26)16(25)23-15(18(19,20)21)12-6-4-8-22-10-12/h4,6,8-10,15H,2-3,5,7H2,1H3,(H,23,25)/t15-/m0/s1. The van der Waals surface area contributed by atoms with Crippen LogP contribution in [0.1, 0.15) is 46.1 Å². The first-order valence-corrected chi connectivity index (χ1v) is 8.28. The Morgan fingerprint density at radius 3 is 2.69 bits per heavy atom. The van der Waals surface area contributed by atoms with Crippen LogP contribution < -0.4 is 10.9 Å². The zero-order valence-corrected chi connectivity index (χ0v) is 14.1. The zero-order valence-electron chi connectivity index (χ0n) is 14.1. The van der Waals surface area contributed by atoms with Gasteiger partial charge in [-0.3, -0.25) is 14.6 Å². The van der Waals surface area contributed by atoms with Crippen LogP contribution in [0.15, 0.2) is 35.4 Å². The lowest BCUT2D eigenvalue weighted by atomic mass is 9.94. The maximum Gasteiger partial charge on any atom is 0.412 e. The van der Waals surface area contributed by atoms with Crippen LogP contribution in [0, 0.1) is 0 Å². The van der Waals surface area contributed by atoms with E-state index in [2.05, 4.69) is 4.98 Å². The molecule has 0 fully saturated rings. The number of pyridine rings is 2. The molecule has 8 heteroatoms. The average molecular weight is 365 g/mol. The molecule has 0 bridgehead atoms. The van der Waals surface area contributed by atoms with Gasteiger partial charge in [0.2, 0.25) is 0 Å². The molecule has 5 nitrogen and oxygen atoms in total. The van der Waals surface area contributed by atoms with Gasteiger partial charge in [-0.25, -0.2) is 0 Å². The quantitative estimate of drug-likeness (QED) is 0.910. The largest absolute Gasteiger partial charge is 0.412 e. The van der Waals surface area contributed by atoms with Crippen molar-refractivity contribution in [2.24, 2.45) is 7.05 Å². The number of aromatic nitrogens is 2. The minimum Gasteiger partial charge on any atom is -0.336 e. The summed E-state index contributed by atoms with van der Waals surface area (Å²) in [4.78, 5) is 28.6. The van der Waals surface area contributed by atoms with Crippen molar-refractivity contribution in [3.8, 4) is 0 Å². The number of hydrogen-bond donors (Lipinski definition) is 1. The highest BCUT2D eigenvalue weighted by atomic mass is 19.4. The van der Waals surface area contributed by atoms with E-state index in [0.29, 0.717) is 6.42 Å². The summed E-state index contributed by atoms with van der Waals surface area (Å²) in [5.41, 5.74) is 0.635. The molecule has 0 saturated heterocycles. The van der Waals surface area contributed by atoms with E-state index in [1.165, 1.54) is 29.0 Å². The molecule has 0 radical (unpaired) electrons. The van der Waals surface area contributed by atoms with Gasteiger partial charge in [0.15, 0.2) is 6.04 Å². The SMILES string of the molecule is Cn1c2c(cc(C(=O)N[C@@H](c3cccnc3)C(F)(F)F)c1=O)CCCC2. The Balaban J connectivity index is 1.96. The summed E-state index contributed by atoms with van der Waals surface area (Å²) in [6, 6.07) is 1.79. The minimum absolute atomic E-state index is 0.192. The van der Waals surface area contributed by atoms with Gasteiger partial charge in [0.1, 0.15) is 5.56 Å². The van der Waals surface area contributed by atoms with Gasteiger partial charge in [-0.05, 0) is 43.4 Å². The van der Waals surface area contributed by atoms with Crippen LogP contribution in [0.25, 0.3) is 0 Å². The number of nitrogens with one attached hydrogen (secondary N) is 1. The first-order valence-electron chi connectivity index (χ1n) is 8.28. The van der Waals surface area contributed by atoms with Gasteiger partial charge < -0.3 is 9.88 Å². The Bertz CT molecular complexity index is 876. The van der Waals surface area contributed by atoms with E-state index in [0.717, 1.165) is 36.7 Å². The van der Waals surface area contributed by atoms with E-state index in [1.807, 2.05) is 5.32 Å². The molecule has 26 heavy (non-hydrogen) atoms. The fraction of sp³-hybridized carbons (Fsp3) is 0.389. The summed E-state index contributed by atoms with van der Waals surface area (Å²) in [6.45, 7) is 0. The smallest absolute Gasteiger partial charge is 0.336 e. The van der Waals surface area contributed by atoms with Gasteiger partial charge in [0, 0.05) is 30.7 Å². The second-order valence-electron chi connectivity index (χ2n) is 6.34. The molecule has 0 saturated carbocycles. The molecule has 138 valence electrons. The van der Waals surface area contributed by atoms with Crippen LogP contribution in [0.2, 0.25) is 0 Å². The first kappa shape index (κ1) is 18.2. The van der Waals surface area contributed by atoms with Crippen molar-refractivity contribution < 1.29 is 18.0 Å². The number of alkyl halides is 3. The van der Waals surface area contributed by atoms with E-state index >= 15 is 0 Å². The van der Waals surface area contributed by atoms with Gasteiger partial charge in [0.05, 0.1) is 0 Å². The summed E-state index contributed by atoms with van der Waals surface area (Å²) >= 11 is 0. The van der Waals surface area contributed by atoms with Crippen LogP contribution in [0.3, 0.4) is 0 Å². The van der Waals surface area contributed by atoms with Crippen LogP contribution in [-0.2, 0) is 19.9 Å². The highest BCUT2D eigenvalue weighted by Crippen LogP contribution is 2.32. The molecular weight excluding hydrogens is 347 g/mol. The maximum atomic E-state index is 13.4. The number of nitrogens with zero attached hydrogens (tertiary/aromatic N) is 2. The molecule has 1 aliphatic rings. The predicted octanol–water partition coefficient (Wildman–Crippen LogP) is 2.69. The molecule has 2 heterocycles. The van der Waals surface area contributed by atoms with Gasteiger partial charge in [0.25, 0.3) is 11.5 Å². The normalized spacial score (nSPS) is 15.2. The molecular formula is C18H18F3N3O2. The van der Waals surface area contributed by atoms with Crippen molar-refractivity contribution in [3.63, 3.8) is 0 Å². The number of fused-ring (bicyclic) bond motifs is 1. The molecule has 1 N–H and O–H groups in total. The molecule has 2 aromatic rings. The zero-order chi connectivity index (χ0) is 18.9. The molecule has 0 aliphatic heterocycles. The number of rotatable bonds is 3. The summed E-state index contributed by atoms with van der Waals surface area (Å²) in [5.74, 6) is -1.04. The highest BCUT2D eigenvalue weighted by molar-refractivity contribution is 5.94. The van der Waals surface area contributed by atoms with Crippen molar-refractivity contribution in [2.45, 2.75) is 37.9 Å².